The number of rotatable bonds is 0. The number of nitrogens with zero attached hydrogens (tertiary/aromatic N) is 2. The lowest BCUT2D eigenvalue weighted by Crippen LogP contribution is -2.26. The van der Waals surface area contributed by atoms with Crippen LogP contribution in [-0.4, -0.2) is 5.16 Å². The first kappa shape index (κ1) is 4.04. The van der Waals surface area contributed by atoms with Crippen molar-refractivity contribution in [2.45, 2.75) is 0 Å². The second-order valence-corrected chi connectivity index (χ2v) is 0.896. The van der Waals surface area contributed by atoms with Gasteiger partial charge in [0.1, 0.15) is 0 Å². The summed E-state index contributed by atoms with van der Waals surface area (Å²) in [7, 11) is 0. The lowest BCUT2D eigenvalue weighted by molar-refractivity contribution is -0.823. The minimum atomic E-state index is -1.03. The molecule has 0 spiro atoms. The molecule has 1 rings (SSSR count). The topological polar surface area (TPSA) is 53.0 Å². The normalized spacial score (nSPS) is 9.29. The Bertz CT molecular complexity index is 146. The smallest absolute Gasteiger partial charge is 0.357 e. The van der Waals surface area contributed by atoms with Crippen molar-refractivity contribution < 1.29 is 13.9 Å². The minimum Gasteiger partial charge on any atom is -0.357 e. The van der Waals surface area contributed by atoms with E-state index in [1.54, 1.807) is 0 Å². The molecule has 0 aliphatic rings. The summed E-state index contributed by atoms with van der Waals surface area (Å²) in [6.07, 6.45) is 0.688. The molecule has 5 heteroatoms. The Morgan fingerprint density at radius 1 is 2.00 bits per heavy atom. The molecule has 0 saturated heterocycles. The van der Waals surface area contributed by atoms with Gasteiger partial charge in [0.2, 0.25) is 6.20 Å². The summed E-state index contributed by atoms with van der Waals surface area (Å²) in [5.74, 6) is -1.03. The van der Waals surface area contributed by atoms with E-state index in [9.17, 15) is 9.60 Å². The standard InChI is InChI=1S/C2HFN2O2/c3-2-1-4-7-5(2)6/h1H. The molecule has 0 fully saturated rings. The molecule has 1 aromatic rings. The fourth-order valence-corrected chi connectivity index (χ4v) is 0.196. The van der Waals surface area contributed by atoms with Gasteiger partial charge in [0.15, 0.2) is 0 Å². The van der Waals surface area contributed by atoms with Crippen LogP contribution < -0.4 is 4.90 Å². The van der Waals surface area contributed by atoms with Crippen molar-refractivity contribution in [1.82, 2.24) is 5.16 Å². The average Bonchev–Trinajstić information content (AvgIpc) is 1.91. The summed E-state index contributed by atoms with van der Waals surface area (Å²) in [6.45, 7) is 0. The highest BCUT2D eigenvalue weighted by molar-refractivity contribution is 4.54. The number of aromatic nitrogens is 2. The zero-order valence-corrected chi connectivity index (χ0v) is 3.17. The molecule has 0 aliphatic carbocycles. The maximum absolute atomic E-state index is 11.6. The lowest BCUT2D eigenvalue weighted by atomic mass is 10.9. The maximum Gasteiger partial charge on any atom is 0.363 e. The predicted octanol–water partition coefficient (Wildman–Crippen LogP) is -0.553. The van der Waals surface area contributed by atoms with Gasteiger partial charge in [0, 0.05) is 5.16 Å². The molecule has 0 atom stereocenters. The highest BCUT2D eigenvalue weighted by Gasteiger charge is 2.00. The second kappa shape index (κ2) is 1.18. The summed E-state index contributed by atoms with van der Waals surface area (Å²) in [4.78, 5) is -0.319. The van der Waals surface area contributed by atoms with E-state index in [2.05, 4.69) is 9.79 Å². The van der Waals surface area contributed by atoms with Crippen LogP contribution in [0.1, 0.15) is 0 Å². The highest BCUT2D eigenvalue weighted by Crippen LogP contribution is 1.78. The molecule has 1 aromatic heterocycles. The molecule has 0 amide bonds. The molecule has 38 valence electrons. The molecule has 0 N–H and O–H groups in total. The molecule has 0 aliphatic heterocycles. The van der Waals surface area contributed by atoms with E-state index in [1.165, 1.54) is 0 Å². The Morgan fingerprint density at radius 2 is 2.71 bits per heavy atom. The number of halogens is 1. The fourth-order valence-electron chi connectivity index (χ4n) is 0.196. The summed E-state index contributed by atoms with van der Waals surface area (Å²) in [6, 6.07) is 0. The predicted molar refractivity (Wildman–Crippen MR) is 15.4 cm³/mol. The number of hydrogen-bond donors (Lipinski definition) is 0. The first-order valence-electron chi connectivity index (χ1n) is 1.51. The molecular weight excluding hydrogens is 103 g/mol. The molecule has 7 heavy (non-hydrogen) atoms. The van der Waals surface area contributed by atoms with Crippen LogP contribution in [0.25, 0.3) is 0 Å². The molecule has 1 heterocycles. The summed E-state index contributed by atoms with van der Waals surface area (Å²) in [5.41, 5.74) is 0. The van der Waals surface area contributed by atoms with Crippen molar-refractivity contribution in [2.75, 3.05) is 0 Å². The first-order chi connectivity index (χ1) is 3.30. The van der Waals surface area contributed by atoms with Gasteiger partial charge in [0.05, 0.1) is 0 Å². The minimum absolute atomic E-state index is 0.319. The molecule has 0 unspecified atom stereocenters. The first-order valence-corrected chi connectivity index (χ1v) is 1.51. The molecular formula is C2HFN2O2. The van der Waals surface area contributed by atoms with Crippen molar-refractivity contribution >= 4 is 0 Å². The van der Waals surface area contributed by atoms with Crippen LogP contribution in [0, 0.1) is 11.2 Å². The van der Waals surface area contributed by atoms with Gasteiger partial charge in [-0.1, -0.05) is 0 Å². The van der Waals surface area contributed by atoms with E-state index in [1.807, 2.05) is 0 Å². The molecule has 4 nitrogen and oxygen atoms in total. The van der Waals surface area contributed by atoms with Crippen molar-refractivity contribution in [2.24, 2.45) is 0 Å². The van der Waals surface area contributed by atoms with Crippen molar-refractivity contribution in [3.63, 3.8) is 0 Å². The largest absolute Gasteiger partial charge is 0.363 e. The van der Waals surface area contributed by atoms with Gasteiger partial charge < -0.3 is 5.21 Å². The Kier molecular flexibility index (Phi) is 0.680. The molecule has 0 radical (unpaired) electrons. The molecule has 0 aromatic carbocycles. The zero-order valence-electron chi connectivity index (χ0n) is 3.17. The van der Waals surface area contributed by atoms with Gasteiger partial charge in [-0.15, -0.1) is 0 Å². The monoisotopic (exact) mass is 104 g/mol. The third-order valence-corrected chi connectivity index (χ3v) is 0.455. The summed E-state index contributed by atoms with van der Waals surface area (Å²) < 4.78 is 15.3. The van der Waals surface area contributed by atoms with E-state index in [0.717, 1.165) is 0 Å². The van der Waals surface area contributed by atoms with Gasteiger partial charge in [0.25, 0.3) is 0 Å². The third kappa shape index (κ3) is 0.510. The van der Waals surface area contributed by atoms with Crippen LogP contribution >= 0.6 is 0 Å². The number of hydrogen-bond acceptors (Lipinski definition) is 3. The van der Waals surface area contributed by atoms with Gasteiger partial charge in [-0.05, 0) is 4.90 Å². The van der Waals surface area contributed by atoms with Crippen LogP contribution in [-0.2, 0) is 0 Å². The maximum atomic E-state index is 11.6. The SMILES string of the molecule is [O-][n+]1oncc1F. The Hall–Kier alpha value is -1.13. The summed E-state index contributed by atoms with van der Waals surface area (Å²) in [5, 5.41) is 12.6. The van der Waals surface area contributed by atoms with Gasteiger partial charge in [-0.25, -0.2) is 0 Å². The van der Waals surface area contributed by atoms with Crippen molar-refractivity contribution in [1.29, 1.82) is 0 Å². The van der Waals surface area contributed by atoms with E-state index in [0.29, 0.717) is 6.20 Å². The molecule has 0 bridgehead atoms. The zero-order chi connectivity index (χ0) is 5.28. The van der Waals surface area contributed by atoms with Crippen LogP contribution in [0.4, 0.5) is 4.39 Å². The average molecular weight is 104 g/mol. The van der Waals surface area contributed by atoms with Gasteiger partial charge in [-0.2, -0.15) is 4.39 Å². The van der Waals surface area contributed by atoms with Gasteiger partial charge >= 0.3 is 5.95 Å². The van der Waals surface area contributed by atoms with E-state index in [-0.39, 0.29) is 4.90 Å². The second-order valence-electron chi connectivity index (χ2n) is 0.896. The third-order valence-electron chi connectivity index (χ3n) is 0.455. The van der Waals surface area contributed by atoms with E-state index < -0.39 is 5.95 Å². The van der Waals surface area contributed by atoms with Crippen LogP contribution in [0.3, 0.4) is 0 Å². The quantitative estimate of drug-likeness (QED) is 0.415. The van der Waals surface area contributed by atoms with Crippen LogP contribution in [0.15, 0.2) is 10.8 Å². The van der Waals surface area contributed by atoms with Crippen LogP contribution in [0.2, 0.25) is 0 Å². The Balaban J connectivity index is 3.12. The lowest BCUT2D eigenvalue weighted by Gasteiger charge is -1.77. The Labute approximate surface area is 37.7 Å². The van der Waals surface area contributed by atoms with Gasteiger partial charge in [-0.3, -0.25) is 4.63 Å². The van der Waals surface area contributed by atoms with Crippen LogP contribution in [0.5, 0.6) is 0 Å². The van der Waals surface area contributed by atoms with Crippen molar-refractivity contribution in [3.05, 3.63) is 17.4 Å². The van der Waals surface area contributed by atoms with E-state index in [4.69, 9.17) is 0 Å². The Morgan fingerprint density at radius 3 is 2.86 bits per heavy atom. The molecule has 0 saturated carbocycles. The highest BCUT2D eigenvalue weighted by atomic mass is 19.1. The van der Waals surface area contributed by atoms with Crippen molar-refractivity contribution in [3.8, 4) is 0 Å². The fraction of sp³-hybridized carbons (Fsp3) is 0. The van der Waals surface area contributed by atoms with E-state index >= 15 is 0 Å². The summed E-state index contributed by atoms with van der Waals surface area (Å²) >= 11 is 0.